The summed E-state index contributed by atoms with van der Waals surface area (Å²) in [7, 11) is 0. The van der Waals surface area contributed by atoms with E-state index in [4.69, 9.17) is 18.3 Å². The molecule has 1 aliphatic heterocycles. The van der Waals surface area contributed by atoms with Crippen LogP contribution in [0.2, 0.25) is 0 Å². The maximum absolute atomic E-state index is 8.93. The first-order valence-corrected chi connectivity index (χ1v) is 27.2. The summed E-state index contributed by atoms with van der Waals surface area (Å²) in [5.41, 5.74) is 16.4. The van der Waals surface area contributed by atoms with Gasteiger partial charge in [0.15, 0.2) is 0 Å². The van der Waals surface area contributed by atoms with Crippen molar-refractivity contribution in [2.45, 2.75) is 85.4 Å². The van der Waals surface area contributed by atoms with Crippen molar-refractivity contribution in [1.82, 2.24) is 9.55 Å². The van der Waals surface area contributed by atoms with Crippen molar-refractivity contribution in [3.63, 3.8) is 0 Å². The van der Waals surface area contributed by atoms with Gasteiger partial charge >= 0.3 is 0 Å². The van der Waals surface area contributed by atoms with Crippen LogP contribution in [-0.2, 0) is 37.3 Å². The van der Waals surface area contributed by atoms with E-state index in [0.717, 1.165) is 94.4 Å². The molecule has 80 heavy (non-hydrogen) atoms. The number of hydrogen-bond donors (Lipinski definition) is 0. The summed E-state index contributed by atoms with van der Waals surface area (Å²) in [5, 5.41) is 3.98. The van der Waals surface area contributed by atoms with E-state index < -0.39 is 6.85 Å². The van der Waals surface area contributed by atoms with Gasteiger partial charge in [-0.15, -0.1) is 48.1 Å². The van der Waals surface area contributed by atoms with E-state index in [2.05, 4.69) is 218 Å². The summed E-state index contributed by atoms with van der Waals surface area (Å²) in [5.74, 6) is 1.41. The minimum atomic E-state index is -2.46. The molecule has 0 saturated heterocycles. The number of aryl methyl sites for hydroxylation is 1. The molecule has 0 bridgehead atoms. The first kappa shape index (κ1) is 48.9. The van der Waals surface area contributed by atoms with Gasteiger partial charge in [-0.2, -0.15) is 12.1 Å². The van der Waals surface area contributed by atoms with Crippen LogP contribution in [0.25, 0.3) is 82.9 Å². The fourth-order valence-corrected chi connectivity index (χ4v) is 11.2. The maximum Gasteiger partial charge on any atom is 0.135 e. The van der Waals surface area contributed by atoms with Gasteiger partial charge in [0, 0.05) is 81.8 Å². The van der Waals surface area contributed by atoms with Gasteiger partial charge in [0.2, 0.25) is 0 Å². The van der Waals surface area contributed by atoms with E-state index in [0.29, 0.717) is 28.4 Å². The SMILES string of the molecule is [2H]C([2H])([2H])c1cc(-n2c3[c-]c(Oc4[c-]c(N5[CH-]N(c6cc(C(C)(C)C)cc(C(C)(C)C)c6)c6ccccc65)ccc4)ccc3c3c(-c4ccccc4-c4ccc5oc6ccccc6c5c4)cccc32)ncc1-c1ccc(C(C)(C)C)cc1.[Pt]. The third-order valence-corrected chi connectivity index (χ3v) is 15.6. The molecule has 400 valence electrons. The Bertz CT molecular complexity index is 4450. The molecular formula is C73H63N4O2Pt-3. The second kappa shape index (κ2) is 19.9. The second-order valence-corrected chi connectivity index (χ2v) is 24.0. The molecule has 0 radical (unpaired) electrons. The van der Waals surface area contributed by atoms with Gasteiger partial charge in [0.05, 0.1) is 0 Å². The van der Waals surface area contributed by atoms with E-state index in [-0.39, 0.29) is 42.9 Å². The number of aromatic nitrogens is 2. The van der Waals surface area contributed by atoms with E-state index in [1.54, 1.807) is 12.3 Å². The topological polar surface area (TPSA) is 46.7 Å². The predicted octanol–water partition coefficient (Wildman–Crippen LogP) is 20.1. The molecule has 4 heterocycles. The molecule has 7 heteroatoms. The molecule has 9 aromatic carbocycles. The van der Waals surface area contributed by atoms with Crippen molar-refractivity contribution >= 4 is 66.5 Å². The Morgan fingerprint density at radius 1 is 0.512 bits per heavy atom. The Morgan fingerprint density at radius 2 is 1.15 bits per heavy atom. The number of benzene rings is 9. The predicted molar refractivity (Wildman–Crippen MR) is 329 cm³/mol. The number of fused-ring (bicyclic) bond motifs is 7. The van der Waals surface area contributed by atoms with Gasteiger partial charge in [-0.1, -0.05) is 171 Å². The van der Waals surface area contributed by atoms with Crippen molar-refractivity contribution in [2.75, 3.05) is 9.80 Å². The minimum absolute atomic E-state index is 0. The normalized spacial score (nSPS) is 13.6. The van der Waals surface area contributed by atoms with E-state index in [1.807, 2.05) is 59.2 Å². The fourth-order valence-electron chi connectivity index (χ4n) is 11.2. The maximum atomic E-state index is 8.93. The quantitative estimate of drug-likeness (QED) is 0.142. The molecule has 0 N–H and O–H groups in total. The van der Waals surface area contributed by atoms with Crippen molar-refractivity contribution in [1.29, 1.82) is 0 Å². The van der Waals surface area contributed by atoms with Crippen molar-refractivity contribution in [3.8, 4) is 50.7 Å². The molecule has 1 aliphatic rings. The molecule has 0 spiro atoms. The number of hydrogen-bond acceptors (Lipinski definition) is 5. The van der Waals surface area contributed by atoms with Gasteiger partial charge in [0.1, 0.15) is 17.0 Å². The van der Waals surface area contributed by atoms with Gasteiger partial charge in [-0.25, -0.2) is 4.98 Å². The number of ether oxygens (including phenoxy) is 1. The van der Waals surface area contributed by atoms with Gasteiger partial charge in [-0.05, 0) is 133 Å². The summed E-state index contributed by atoms with van der Waals surface area (Å²) in [6, 6.07) is 71.9. The first-order chi connectivity index (χ1) is 39.2. The zero-order valence-corrected chi connectivity index (χ0v) is 48.7. The summed E-state index contributed by atoms with van der Waals surface area (Å²) in [6.45, 7) is 19.8. The monoisotopic (exact) mass is 1230 g/mol. The second-order valence-electron chi connectivity index (χ2n) is 24.0. The van der Waals surface area contributed by atoms with Crippen LogP contribution in [0.15, 0.2) is 199 Å². The van der Waals surface area contributed by atoms with Crippen LogP contribution in [0.4, 0.5) is 22.7 Å². The zero-order valence-electron chi connectivity index (χ0n) is 49.5. The molecule has 13 rings (SSSR count). The summed E-state index contributed by atoms with van der Waals surface area (Å²) < 4.78 is 41.9. The average Bonchev–Trinajstić information content (AvgIpc) is 4.02. The molecule has 3 aromatic heterocycles. The summed E-state index contributed by atoms with van der Waals surface area (Å²) >= 11 is 0. The van der Waals surface area contributed by atoms with Crippen molar-refractivity contribution < 1.29 is 34.3 Å². The van der Waals surface area contributed by atoms with Gasteiger partial charge in [-0.3, -0.25) is 0 Å². The van der Waals surface area contributed by atoms with Crippen LogP contribution in [0, 0.1) is 25.7 Å². The minimum Gasteiger partial charge on any atom is -0.509 e. The smallest absolute Gasteiger partial charge is 0.135 e. The molecule has 0 amide bonds. The molecular weight excluding hydrogens is 1160 g/mol. The van der Waals surface area contributed by atoms with E-state index >= 15 is 0 Å². The van der Waals surface area contributed by atoms with Crippen LogP contribution in [0.3, 0.4) is 0 Å². The Kier molecular flexibility index (Phi) is 12.1. The third kappa shape index (κ3) is 9.37. The van der Waals surface area contributed by atoms with E-state index in [9.17, 15) is 0 Å². The molecule has 0 saturated carbocycles. The van der Waals surface area contributed by atoms with Crippen molar-refractivity contribution in [2.24, 2.45) is 0 Å². The Hall–Kier alpha value is -8.18. The zero-order chi connectivity index (χ0) is 57.0. The Balaban J connectivity index is 0.00000680. The number of para-hydroxylation sites is 3. The van der Waals surface area contributed by atoms with E-state index in [1.165, 1.54) is 11.1 Å². The molecule has 0 atom stereocenters. The van der Waals surface area contributed by atoms with Crippen molar-refractivity contribution in [3.05, 3.63) is 235 Å². The largest absolute Gasteiger partial charge is 0.509 e. The van der Waals surface area contributed by atoms with Crippen LogP contribution in [0.5, 0.6) is 11.5 Å². The molecule has 0 fully saturated rings. The average molecular weight is 1230 g/mol. The Labute approximate surface area is 488 Å². The van der Waals surface area contributed by atoms with Gasteiger partial charge in [0.25, 0.3) is 0 Å². The van der Waals surface area contributed by atoms with Crippen LogP contribution < -0.4 is 14.5 Å². The fraction of sp³-hybridized carbons (Fsp3) is 0.178. The third-order valence-electron chi connectivity index (χ3n) is 15.6. The number of furan rings is 1. The summed E-state index contributed by atoms with van der Waals surface area (Å²) in [4.78, 5) is 9.57. The molecule has 0 unspecified atom stereocenters. The van der Waals surface area contributed by atoms with Gasteiger partial charge < -0.3 is 23.5 Å². The molecule has 0 aliphatic carbocycles. The number of anilines is 4. The molecule has 12 aromatic rings. The number of pyridine rings is 1. The number of rotatable bonds is 8. The first-order valence-electron chi connectivity index (χ1n) is 28.7. The molecule has 6 nitrogen and oxygen atoms in total. The standard InChI is InChI=1S/C73H63N4O2.Pt/c1-46-37-69(74-44-62(46)47-29-32-49(33-30-47)71(2,3)4)77-65-27-18-24-59(57-22-12-11-21-56(57)48-31-36-68-61(38-48)58-23-13-16-28-67(58)79-68)70(65)60-35-34-55(43-66(60)77)78-54-20-17-19-52(42-54)75-45-76(64-26-15-14-25-63(64)75)53-40-50(72(5,6)7)39-51(41-53)73(8,9)10;/h11-41,44-45H,1-10H3;/q-3;/i1D3;. The Morgan fingerprint density at radius 3 is 1.89 bits per heavy atom. The number of nitrogens with zero attached hydrogens (tertiary/aromatic N) is 4. The van der Waals surface area contributed by atoms with Crippen LogP contribution in [0.1, 0.15) is 88.7 Å². The van der Waals surface area contributed by atoms with Crippen LogP contribution in [-0.4, -0.2) is 9.55 Å². The van der Waals surface area contributed by atoms with Crippen LogP contribution >= 0.6 is 0 Å². The summed E-state index contributed by atoms with van der Waals surface area (Å²) in [6.07, 6.45) is 1.70.